The molecule has 2 aromatic heterocycles. The standard InChI is InChI=1S/C26H29N5O2/c1-19-9-11-20(12-10-19)26-28-24(33-29-26)18-30-13-15-31(16-14-30)25(32)8-4-5-21-17-27-23-7-3-2-6-22(21)23/h2-3,6-7,9-12,17,27H,4-5,8,13-16,18H2,1H3. The van der Waals surface area contributed by atoms with Gasteiger partial charge in [-0.15, -0.1) is 0 Å². The highest BCUT2D eigenvalue weighted by Crippen LogP contribution is 2.20. The Bertz CT molecular complexity index is 1220. The number of para-hydroxylation sites is 1. The highest BCUT2D eigenvalue weighted by Gasteiger charge is 2.22. The van der Waals surface area contributed by atoms with Crippen LogP contribution in [0.3, 0.4) is 0 Å². The number of aromatic nitrogens is 3. The molecule has 7 heteroatoms. The van der Waals surface area contributed by atoms with E-state index in [0.29, 0.717) is 24.7 Å². The molecule has 1 aliphatic heterocycles. The molecule has 0 aliphatic carbocycles. The molecule has 7 nitrogen and oxygen atoms in total. The summed E-state index contributed by atoms with van der Waals surface area (Å²) in [6.07, 6.45) is 4.43. The van der Waals surface area contributed by atoms with Crippen molar-refractivity contribution in [2.24, 2.45) is 0 Å². The Morgan fingerprint density at radius 1 is 1.06 bits per heavy atom. The number of hydrogen-bond acceptors (Lipinski definition) is 5. The van der Waals surface area contributed by atoms with Crippen LogP contribution in [0.25, 0.3) is 22.3 Å². The molecule has 3 heterocycles. The Hall–Kier alpha value is -3.45. The topological polar surface area (TPSA) is 78.3 Å². The zero-order valence-electron chi connectivity index (χ0n) is 19.0. The van der Waals surface area contributed by atoms with E-state index in [4.69, 9.17) is 4.52 Å². The first-order valence-electron chi connectivity index (χ1n) is 11.6. The van der Waals surface area contributed by atoms with Crippen LogP contribution in [-0.4, -0.2) is 57.0 Å². The first-order chi connectivity index (χ1) is 16.2. The maximum absolute atomic E-state index is 12.7. The fourth-order valence-corrected chi connectivity index (χ4v) is 4.41. The second-order valence-electron chi connectivity index (χ2n) is 8.75. The molecule has 2 aromatic carbocycles. The van der Waals surface area contributed by atoms with E-state index in [2.05, 4.69) is 51.3 Å². The van der Waals surface area contributed by atoms with E-state index < -0.39 is 0 Å². The van der Waals surface area contributed by atoms with Crippen molar-refractivity contribution >= 4 is 16.8 Å². The van der Waals surface area contributed by atoms with Crippen LogP contribution in [0, 0.1) is 6.92 Å². The number of aromatic amines is 1. The molecule has 0 radical (unpaired) electrons. The summed E-state index contributed by atoms with van der Waals surface area (Å²) in [5.74, 6) is 1.48. The van der Waals surface area contributed by atoms with Crippen LogP contribution in [0.4, 0.5) is 0 Å². The van der Waals surface area contributed by atoms with Gasteiger partial charge in [0.25, 0.3) is 0 Å². The van der Waals surface area contributed by atoms with Gasteiger partial charge in [0.15, 0.2) is 0 Å². The molecule has 33 heavy (non-hydrogen) atoms. The minimum Gasteiger partial charge on any atom is -0.361 e. The van der Waals surface area contributed by atoms with Crippen molar-refractivity contribution in [3.05, 3.63) is 71.7 Å². The lowest BCUT2D eigenvalue weighted by Crippen LogP contribution is -2.48. The van der Waals surface area contributed by atoms with Crippen LogP contribution >= 0.6 is 0 Å². The number of aryl methyl sites for hydroxylation is 2. The Morgan fingerprint density at radius 2 is 1.85 bits per heavy atom. The van der Waals surface area contributed by atoms with E-state index in [1.54, 1.807) is 0 Å². The van der Waals surface area contributed by atoms with Crippen LogP contribution in [0.2, 0.25) is 0 Å². The molecule has 5 rings (SSSR count). The number of amides is 1. The number of carbonyl (C=O) groups is 1. The maximum Gasteiger partial charge on any atom is 0.241 e. The van der Waals surface area contributed by atoms with Gasteiger partial charge >= 0.3 is 0 Å². The van der Waals surface area contributed by atoms with Gasteiger partial charge in [0.2, 0.25) is 17.6 Å². The highest BCUT2D eigenvalue weighted by atomic mass is 16.5. The Labute approximate surface area is 193 Å². The van der Waals surface area contributed by atoms with Crippen molar-refractivity contribution < 1.29 is 9.32 Å². The summed E-state index contributed by atoms with van der Waals surface area (Å²) in [4.78, 5) is 24.8. The van der Waals surface area contributed by atoms with E-state index in [-0.39, 0.29) is 5.91 Å². The number of nitrogens with zero attached hydrogens (tertiary/aromatic N) is 4. The Balaban J connectivity index is 1.07. The van der Waals surface area contributed by atoms with Gasteiger partial charge in [-0.05, 0) is 31.4 Å². The highest BCUT2D eigenvalue weighted by molar-refractivity contribution is 5.83. The predicted molar refractivity (Wildman–Crippen MR) is 128 cm³/mol. The number of hydrogen-bond donors (Lipinski definition) is 1. The zero-order chi connectivity index (χ0) is 22.6. The van der Waals surface area contributed by atoms with E-state index in [9.17, 15) is 4.79 Å². The van der Waals surface area contributed by atoms with Crippen LogP contribution in [0.5, 0.6) is 0 Å². The maximum atomic E-state index is 12.7. The van der Waals surface area contributed by atoms with Crippen molar-refractivity contribution in [2.45, 2.75) is 32.7 Å². The lowest BCUT2D eigenvalue weighted by atomic mass is 10.1. The molecule has 0 saturated carbocycles. The van der Waals surface area contributed by atoms with Crippen molar-refractivity contribution in [3.8, 4) is 11.4 Å². The third-order valence-electron chi connectivity index (χ3n) is 6.37. The fourth-order valence-electron chi connectivity index (χ4n) is 4.41. The van der Waals surface area contributed by atoms with Gasteiger partial charge < -0.3 is 14.4 Å². The summed E-state index contributed by atoms with van der Waals surface area (Å²) in [5.41, 5.74) is 4.60. The lowest BCUT2D eigenvalue weighted by Gasteiger charge is -2.34. The molecular formula is C26H29N5O2. The summed E-state index contributed by atoms with van der Waals surface area (Å²) in [7, 11) is 0. The average Bonchev–Trinajstić information content (AvgIpc) is 3.47. The SMILES string of the molecule is Cc1ccc(-c2noc(CN3CCN(C(=O)CCCc4c[nH]c5ccccc45)CC3)n2)cc1. The van der Waals surface area contributed by atoms with Crippen molar-refractivity contribution in [3.63, 3.8) is 0 Å². The molecule has 4 aromatic rings. The average molecular weight is 444 g/mol. The minimum atomic E-state index is 0.244. The predicted octanol–water partition coefficient (Wildman–Crippen LogP) is 4.19. The summed E-state index contributed by atoms with van der Waals surface area (Å²) < 4.78 is 5.46. The second kappa shape index (κ2) is 9.58. The van der Waals surface area contributed by atoms with Crippen LogP contribution in [-0.2, 0) is 17.8 Å². The largest absolute Gasteiger partial charge is 0.361 e. The summed E-state index contributed by atoms with van der Waals surface area (Å²) in [5, 5.41) is 5.37. The van der Waals surface area contributed by atoms with Gasteiger partial charge in [-0.25, -0.2) is 0 Å². The van der Waals surface area contributed by atoms with E-state index >= 15 is 0 Å². The minimum absolute atomic E-state index is 0.244. The molecule has 0 spiro atoms. The number of benzene rings is 2. The number of fused-ring (bicyclic) bond motifs is 1. The summed E-state index contributed by atoms with van der Waals surface area (Å²) in [6, 6.07) is 16.4. The third kappa shape index (κ3) is 4.98. The first kappa shape index (κ1) is 21.4. The molecule has 170 valence electrons. The van der Waals surface area contributed by atoms with Gasteiger partial charge in [-0.3, -0.25) is 9.69 Å². The van der Waals surface area contributed by atoms with Crippen LogP contribution < -0.4 is 0 Å². The fraction of sp³-hybridized carbons (Fsp3) is 0.346. The van der Waals surface area contributed by atoms with E-state index in [1.165, 1.54) is 16.5 Å². The second-order valence-corrected chi connectivity index (χ2v) is 8.75. The molecule has 0 atom stereocenters. The monoisotopic (exact) mass is 443 g/mol. The third-order valence-corrected chi connectivity index (χ3v) is 6.37. The van der Waals surface area contributed by atoms with Crippen LogP contribution in [0.15, 0.2) is 59.3 Å². The van der Waals surface area contributed by atoms with Gasteiger partial charge in [-0.1, -0.05) is 53.2 Å². The Morgan fingerprint density at radius 3 is 2.67 bits per heavy atom. The molecule has 1 aliphatic rings. The molecule has 0 bridgehead atoms. The van der Waals surface area contributed by atoms with Gasteiger partial charge in [0.05, 0.1) is 6.54 Å². The quantitative estimate of drug-likeness (QED) is 0.463. The number of carbonyl (C=O) groups excluding carboxylic acids is 1. The van der Waals surface area contributed by atoms with Crippen molar-refractivity contribution in [1.29, 1.82) is 0 Å². The van der Waals surface area contributed by atoms with Gasteiger partial charge in [0, 0.05) is 55.3 Å². The van der Waals surface area contributed by atoms with Gasteiger partial charge in [0.1, 0.15) is 0 Å². The molecule has 1 amide bonds. The molecule has 1 N–H and O–H groups in total. The first-order valence-corrected chi connectivity index (χ1v) is 11.6. The zero-order valence-corrected chi connectivity index (χ0v) is 19.0. The molecular weight excluding hydrogens is 414 g/mol. The molecule has 0 unspecified atom stereocenters. The number of rotatable bonds is 7. The lowest BCUT2D eigenvalue weighted by molar-refractivity contribution is -0.133. The molecule has 1 saturated heterocycles. The Kier molecular flexibility index (Phi) is 6.21. The van der Waals surface area contributed by atoms with E-state index in [0.717, 1.165) is 50.1 Å². The molecule has 1 fully saturated rings. The summed E-state index contributed by atoms with van der Waals surface area (Å²) in [6.45, 7) is 5.78. The van der Waals surface area contributed by atoms with Crippen LogP contribution in [0.1, 0.15) is 29.9 Å². The smallest absolute Gasteiger partial charge is 0.241 e. The summed E-state index contributed by atoms with van der Waals surface area (Å²) >= 11 is 0. The normalized spacial score (nSPS) is 14.8. The van der Waals surface area contributed by atoms with Gasteiger partial charge in [-0.2, -0.15) is 4.98 Å². The van der Waals surface area contributed by atoms with Crippen molar-refractivity contribution in [2.75, 3.05) is 26.2 Å². The van der Waals surface area contributed by atoms with E-state index in [1.807, 2.05) is 35.2 Å². The van der Waals surface area contributed by atoms with Crippen molar-refractivity contribution in [1.82, 2.24) is 24.9 Å². The number of nitrogens with one attached hydrogen (secondary N) is 1. The number of piperazine rings is 1. The number of H-pyrrole nitrogens is 1.